The largest absolute Gasteiger partial charge is 0.405 e. The fourth-order valence-electron chi connectivity index (χ4n) is 1.54. The van der Waals surface area contributed by atoms with Gasteiger partial charge >= 0.3 is 6.18 Å². The molecule has 19 heavy (non-hydrogen) atoms. The first kappa shape index (κ1) is 15.6. The van der Waals surface area contributed by atoms with Gasteiger partial charge in [-0.25, -0.2) is 4.39 Å². The zero-order valence-electron chi connectivity index (χ0n) is 9.75. The lowest BCUT2D eigenvalue weighted by molar-refractivity contribution is -0.119. The van der Waals surface area contributed by atoms with Gasteiger partial charge in [0, 0.05) is 17.8 Å². The van der Waals surface area contributed by atoms with Crippen molar-refractivity contribution in [3.8, 4) is 0 Å². The summed E-state index contributed by atoms with van der Waals surface area (Å²) < 4.78 is 50.7. The summed E-state index contributed by atoms with van der Waals surface area (Å²) in [6, 6.07) is 3.41. The summed E-state index contributed by atoms with van der Waals surface area (Å²) in [5.41, 5.74) is 5.23. The van der Waals surface area contributed by atoms with E-state index >= 15 is 0 Å². The normalized spacial score (nSPS) is 11.4. The van der Waals surface area contributed by atoms with Crippen molar-refractivity contribution >= 4 is 22.9 Å². The predicted molar refractivity (Wildman–Crippen MR) is 67.6 cm³/mol. The number of rotatable bonds is 5. The Bertz CT molecular complexity index is 464. The molecule has 0 aliphatic carbocycles. The molecule has 0 bridgehead atoms. The Kier molecular flexibility index (Phi) is 5.07. The van der Waals surface area contributed by atoms with Crippen LogP contribution in [0.1, 0.15) is 5.56 Å². The van der Waals surface area contributed by atoms with Crippen LogP contribution in [0.4, 0.5) is 23.2 Å². The number of thiocarbonyl (C=S) groups is 1. The summed E-state index contributed by atoms with van der Waals surface area (Å²) in [6.45, 7) is -2.01. The van der Waals surface area contributed by atoms with Gasteiger partial charge in [0.25, 0.3) is 0 Å². The van der Waals surface area contributed by atoms with Gasteiger partial charge in [-0.1, -0.05) is 12.2 Å². The van der Waals surface area contributed by atoms with E-state index in [9.17, 15) is 17.6 Å². The predicted octanol–water partition coefficient (Wildman–Crippen LogP) is 1.82. The Morgan fingerprint density at radius 3 is 2.42 bits per heavy atom. The second kappa shape index (κ2) is 6.16. The lowest BCUT2D eigenvalue weighted by Gasteiger charge is -2.25. The van der Waals surface area contributed by atoms with E-state index in [-0.39, 0.29) is 22.8 Å². The van der Waals surface area contributed by atoms with Gasteiger partial charge in [0.2, 0.25) is 0 Å². The number of benzene rings is 1. The van der Waals surface area contributed by atoms with Crippen LogP contribution in [0.3, 0.4) is 0 Å². The van der Waals surface area contributed by atoms with Crippen LogP contribution in [0.5, 0.6) is 0 Å². The number of nitrogens with two attached hydrogens (primary N) is 1. The van der Waals surface area contributed by atoms with Crippen molar-refractivity contribution in [3.05, 3.63) is 29.6 Å². The number of nitrogens with zero attached hydrogens (tertiary/aromatic N) is 1. The molecule has 0 unspecified atom stereocenters. The molecule has 1 rings (SSSR count). The maximum Gasteiger partial charge on any atom is 0.405 e. The topological polar surface area (TPSA) is 49.5 Å². The average molecular weight is 296 g/mol. The van der Waals surface area contributed by atoms with Gasteiger partial charge in [-0.2, -0.15) is 13.2 Å². The Labute approximate surface area is 112 Å². The second-order valence-electron chi connectivity index (χ2n) is 3.79. The molecule has 0 spiro atoms. The van der Waals surface area contributed by atoms with E-state index in [1.54, 1.807) is 0 Å². The minimum Gasteiger partial charge on any atom is -0.395 e. The van der Waals surface area contributed by atoms with Crippen LogP contribution < -0.4 is 10.6 Å². The lowest BCUT2D eigenvalue weighted by Crippen LogP contribution is -2.36. The molecule has 3 nitrogen and oxygen atoms in total. The Morgan fingerprint density at radius 2 is 2.00 bits per heavy atom. The summed E-state index contributed by atoms with van der Waals surface area (Å²) in [7, 11) is 0. The molecular formula is C11H12F4N2OS. The number of alkyl halides is 3. The molecule has 0 atom stereocenters. The van der Waals surface area contributed by atoms with Gasteiger partial charge in [-0.05, 0) is 18.2 Å². The van der Waals surface area contributed by atoms with E-state index in [4.69, 9.17) is 10.8 Å². The summed E-state index contributed by atoms with van der Waals surface area (Å²) in [5.74, 6) is -0.796. The van der Waals surface area contributed by atoms with E-state index in [1.165, 1.54) is 12.1 Å². The third-order valence-corrected chi connectivity index (χ3v) is 2.54. The number of hydrogen-bond donors (Lipinski definition) is 2. The highest BCUT2D eigenvalue weighted by atomic mass is 32.1. The molecule has 0 aliphatic heterocycles. The van der Waals surface area contributed by atoms with Crippen molar-refractivity contribution in [3.63, 3.8) is 0 Å². The fourth-order valence-corrected chi connectivity index (χ4v) is 1.70. The van der Waals surface area contributed by atoms with Gasteiger partial charge in [-0.15, -0.1) is 0 Å². The maximum atomic E-state index is 13.6. The molecule has 1 aromatic carbocycles. The third kappa shape index (κ3) is 4.64. The van der Waals surface area contributed by atoms with Gasteiger partial charge < -0.3 is 15.7 Å². The van der Waals surface area contributed by atoms with Crippen LogP contribution in [0, 0.1) is 5.82 Å². The summed E-state index contributed by atoms with van der Waals surface area (Å²) >= 11 is 4.60. The first-order valence-electron chi connectivity index (χ1n) is 5.26. The van der Waals surface area contributed by atoms with Crippen molar-refractivity contribution in [1.82, 2.24) is 0 Å². The van der Waals surface area contributed by atoms with Gasteiger partial charge in [0.15, 0.2) is 0 Å². The molecule has 0 fully saturated rings. The fraction of sp³-hybridized carbons (Fsp3) is 0.364. The number of hydrogen-bond acceptors (Lipinski definition) is 3. The molecule has 106 valence electrons. The van der Waals surface area contributed by atoms with E-state index in [0.717, 1.165) is 11.0 Å². The molecule has 0 saturated heterocycles. The first-order valence-corrected chi connectivity index (χ1v) is 5.67. The Hall–Kier alpha value is -1.41. The molecule has 1 aromatic rings. The maximum absolute atomic E-state index is 13.6. The standard InChI is InChI=1S/C11H12F4N2OS/c12-9-5-7(1-2-8(9)10(16)19)17(3-4-18)6-11(13,14)15/h1-2,5,18H,3-4,6H2,(H2,16,19). The third-order valence-electron chi connectivity index (χ3n) is 2.32. The Morgan fingerprint density at radius 1 is 1.37 bits per heavy atom. The molecule has 0 heterocycles. The zero-order valence-corrected chi connectivity index (χ0v) is 10.6. The molecule has 0 saturated carbocycles. The quantitative estimate of drug-likeness (QED) is 0.643. The van der Waals surface area contributed by atoms with Crippen LogP contribution in [0.15, 0.2) is 18.2 Å². The number of halogens is 4. The second-order valence-corrected chi connectivity index (χ2v) is 4.23. The molecule has 0 amide bonds. The monoisotopic (exact) mass is 296 g/mol. The van der Waals surface area contributed by atoms with Crippen molar-refractivity contribution in [2.75, 3.05) is 24.6 Å². The summed E-state index contributed by atoms with van der Waals surface area (Å²) in [4.78, 5) is 0.653. The molecule has 0 radical (unpaired) electrons. The van der Waals surface area contributed by atoms with E-state index in [2.05, 4.69) is 12.2 Å². The average Bonchev–Trinajstić information content (AvgIpc) is 2.26. The zero-order chi connectivity index (χ0) is 14.6. The van der Waals surface area contributed by atoms with Crippen LogP contribution >= 0.6 is 12.2 Å². The Balaban J connectivity index is 3.03. The smallest absolute Gasteiger partial charge is 0.395 e. The highest BCUT2D eigenvalue weighted by Crippen LogP contribution is 2.23. The highest BCUT2D eigenvalue weighted by molar-refractivity contribution is 7.80. The molecule has 8 heteroatoms. The van der Waals surface area contributed by atoms with Crippen LogP contribution in [0.2, 0.25) is 0 Å². The summed E-state index contributed by atoms with van der Waals surface area (Å²) in [5, 5.41) is 8.76. The summed E-state index contributed by atoms with van der Waals surface area (Å²) in [6.07, 6.45) is -4.45. The van der Waals surface area contributed by atoms with Crippen LogP contribution in [-0.4, -0.2) is 36.0 Å². The van der Waals surface area contributed by atoms with Gasteiger partial charge in [0.05, 0.1) is 6.61 Å². The van der Waals surface area contributed by atoms with Crippen molar-refractivity contribution < 1.29 is 22.7 Å². The minimum atomic E-state index is -4.45. The molecular weight excluding hydrogens is 284 g/mol. The lowest BCUT2D eigenvalue weighted by atomic mass is 10.1. The van der Waals surface area contributed by atoms with E-state index in [1.807, 2.05) is 0 Å². The van der Waals surface area contributed by atoms with Crippen LogP contribution in [0.25, 0.3) is 0 Å². The molecule has 3 N–H and O–H groups in total. The van der Waals surface area contributed by atoms with Crippen LogP contribution in [-0.2, 0) is 0 Å². The van der Waals surface area contributed by atoms with E-state index in [0.29, 0.717) is 0 Å². The SMILES string of the molecule is NC(=S)c1ccc(N(CCO)CC(F)(F)F)cc1F. The number of anilines is 1. The van der Waals surface area contributed by atoms with Gasteiger partial charge in [-0.3, -0.25) is 0 Å². The molecule has 0 aliphatic rings. The minimum absolute atomic E-state index is 0.00359. The van der Waals surface area contributed by atoms with Crippen molar-refractivity contribution in [2.45, 2.75) is 6.18 Å². The molecule has 0 aromatic heterocycles. The number of aliphatic hydroxyl groups excluding tert-OH is 1. The van der Waals surface area contributed by atoms with Crippen molar-refractivity contribution in [2.24, 2.45) is 5.73 Å². The van der Waals surface area contributed by atoms with E-state index < -0.39 is 25.1 Å². The van der Waals surface area contributed by atoms with Crippen molar-refractivity contribution in [1.29, 1.82) is 0 Å². The highest BCUT2D eigenvalue weighted by Gasteiger charge is 2.31. The van der Waals surface area contributed by atoms with Gasteiger partial charge in [0.1, 0.15) is 17.4 Å². The number of aliphatic hydroxyl groups is 1. The first-order chi connectivity index (χ1) is 8.74.